The van der Waals surface area contributed by atoms with Crippen LogP contribution in [0.1, 0.15) is 53.0 Å². The van der Waals surface area contributed by atoms with Crippen molar-refractivity contribution in [3.63, 3.8) is 0 Å². The Labute approximate surface area is 196 Å². The zero-order valence-electron chi connectivity index (χ0n) is 20.0. The lowest BCUT2D eigenvalue weighted by atomic mass is 9.91. The molecular formula is C24H37N3O4S. The molecule has 0 radical (unpaired) electrons. The van der Waals surface area contributed by atoms with Gasteiger partial charge in [-0.25, -0.2) is 0 Å². The van der Waals surface area contributed by atoms with Crippen molar-refractivity contribution in [1.29, 1.82) is 0 Å². The topological polar surface area (TPSA) is 98.7 Å². The van der Waals surface area contributed by atoms with Crippen LogP contribution in [0.2, 0.25) is 0 Å². The Kier molecular flexibility index (Phi) is 11.0. The maximum Gasteiger partial charge on any atom is 0.251 e. The van der Waals surface area contributed by atoms with Gasteiger partial charge in [0, 0.05) is 35.6 Å². The molecule has 0 aliphatic rings. The minimum absolute atomic E-state index is 0.148. The molecule has 2 atom stereocenters. The second-order valence-electron chi connectivity index (χ2n) is 8.90. The van der Waals surface area contributed by atoms with Crippen molar-refractivity contribution in [3.05, 3.63) is 48.2 Å². The fourth-order valence-corrected chi connectivity index (χ4v) is 4.31. The van der Waals surface area contributed by atoms with Crippen molar-refractivity contribution in [2.75, 3.05) is 7.05 Å². The van der Waals surface area contributed by atoms with Gasteiger partial charge in [0.15, 0.2) is 0 Å². The molecule has 3 N–H and O–H groups in total. The molecular weight excluding hydrogens is 426 g/mol. The average molecular weight is 464 g/mol. The summed E-state index contributed by atoms with van der Waals surface area (Å²) in [5, 5.41) is 15.8. The molecule has 1 rings (SSSR count). The molecule has 178 valence electrons. The minimum atomic E-state index is -0.801. The van der Waals surface area contributed by atoms with Gasteiger partial charge in [0.25, 0.3) is 5.91 Å². The van der Waals surface area contributed by atoms with Gasteiger partial charge in [0.05, 0.1) is 0 Å². The molecule has 0 aliphatic heterocycles. The largest absolute Gasteiger partial charge is 0.357 e. The number of amides is 3. The van der Waals surface area contributed by atoms with E-state index in [0.717, 1.165) is 5.56 Å². The van der Waals surface area contributed by atoms with E-state index < -0.39 is 22.6 Å². The molecule has 0 saturated heterocycles. The lowest BCUT2D eigenvalue weighted by Gasteiger charge is -2.34. The smallest absolute Gasteiger partial charge is 0.251 e. The van der Waals surface area contributed by atoms with E-state index in [9.17, 15) is 19.6 Å². The molecule has 0 spiro atoms. The highest BCUT2D eigenvalue weighted by atomic mass is 32.2. The first-order chi connectivity index (χ1) is 14.9. The molecule has 1 aromatic carbocycles. The minimum Gasteiger partial charge on any atom is -0.357 e. The predicted molar refractivity (Wildman–Crippen MR) is 129 cm³/mol. The lowest BCUT2D eigenvalue weighted by molar-refractivity contribution is -0.159. The zero-order valence-corrected chi connectivity index (χ0v) is 20.8. The predicted octanol–water partition coefficient (Wildman–Crippen LogP) is 3.73. The molecule has 0 unspecified atom stereocenters. The summed E-state index contributed by atoms with van der Waals surface area (Å²) in [7, 11) is 1.53. The van der Waals surface area contributed by atoms with Crippen LogP contribution in [-0.2, 0) is 20.1 Å². The van der Waals surface area contributed by atoms with Crippen molar-refractivity contribution < 1.29 is 19.6 Å². The van der Waals surface area contributed by atoms with Gasteiger partial charge in [0.1, 0.15) is 6.04 Å². The first kappa shape index (κ1) is 27.7. The van der Waals surface area contributed by atoms with Crippen LogP contribution in [0, 0.1) is 11.8 Å². The van der Waals surface area contributed by atoms with Crippen molar-refractivity contribution in [1.82, 2.24) is 15.7 Å². The molecule has 0 bridgehead atoms. The van der Waals surface area contributed by atoms with Gasteiger partial charge in [-0.2, -0.15) is 5.06 Å². The van der Waals surface area contributed by atoms with Gasteiger partial charge in [-0.05, 0) is 38.7 Å². The van der Waals surface area contributed by atoms with Gasteiger partial charge in [-0.15, -0.1) is 11.8 Å². The summed E-state index contributed by atoms with van der Waals surface area (Å²) >= 11 is 1.57. The molecule has 1 aromatic rings. The van der Waals surface area contributed by atoms with Crippen LogP contribution < -0.4 is 10.6 Å². The number of thioether (sulfide) groups is 1. The number of benzene rings is 1. The first-order valence-electron chi connectivity index (χ1n) is 10.8. The molecule has 32 heavy (non-hydrogen) atoms. The Morgan fingerprint density at radius 3 is 2.25 bits per heavy atom. The lowest BCUT2D eigenvalue weighted by Crippen LogP contribution is -2.57. The van der Waals surface area contributed by atoms with Crippen molar-refractivity contribution in [2.24, 2.45) is 11.8 Å². The number of allylic oxidation sites excluding steroid dienone is 1. The SMILES string of the molecule is C=C(C)N(O)C(=O)C[C@@H](CC(C)C)C(=O)N[C@@H](C(=O)NC)C(C)(C)SCc1ccccc1. The first-order valence-corrected chi connectivity index (χ1v) is 11.7. The van der Waals surface area contributed by atoms with E-state index >= 15 is 0 Å². The summed E-state index contributed by atoms with van der Waals surface area (Å²) in [5.74, 6) is -1.14. The summed E-state index contributed by atoms with van der Waals surface area (Å²) < 4.78 is -0.612. The third-order valence-electron chi connectivity index (χ3n) is 5.09. The Morgan fingerprint density at radius 2 is 1.75 bits per heavy atom. The van der Waals surface area contributed by atoms with Crippen molar-refractivity contribution in [2.45, 2.75) is 64.0 Å². The molecule has 0 fully saturated rings. The van der Waals surface area contributed by atoms with E-state index in [-0.39, 0.29) is 29.9 Å². The van der Waals surface area contributed by atoms with Gasteiger partial charge in [-0.3, -0.25) is 19.6 Å². The molecule has 8 heteroatoms. The molecule has 7 nitrogen and oxygen atoms in total. The van der Waals surface area contributed by atoms with E-state index in [1.807, 2.05) is 58.0 Å². The van der Waals surface area contributed by atoms with Crippen molar-refractivity contribution in [3.8, 4) is 0 Å². The maximum atomic E-state index is 13.2. The Hall–Kier alpha value is -2.32. The van der Waals surface area contributed by atoms with E-state index in [0.29, 0.717) is 17.2 Å². The van der Waals surface area contributed by atoms with Crippen molar-refractivity contribution >= 4 is 29.5 Å². The number of hydrogen-bond acceptors (Lipinski definition) is 5. The van der Waals surface area contributed by atoms with Gasteiger partial charge in [0.2, 0.25) is 11.8 Å². The second kappa shape index (κ2) is 12.6. The van der Waals surface area contributed by atoms with Gasteiger partial charge in [-0.1, -0.05) is 50.8 Å². The van der Waals surface area contributed by atoms with E-state index in [1.165, 1.54) is 14.0 Å². The van der Waals surface area contributed by atoms with Crippen LogP contribution in [0.5, 0.6) is 0 Å². The number of hydrogen-bond donors (Lipinski definition) is 3. The Bertz CT molecular complexity index is 796. The van der Waals surface area contributed by atoms with E-state index in [1.54, 1.807) is 11.8 Å². The monoisotopic (exact) mass is 463 g/mol. The van der Waals surface area contributed by atoms with Crippen LogP contribution in [-0.4, -0.2) is 45.8 Å². The number of nitrogens with zero attached hydrogens (tertiary/aromatic N) is 1. The summed E-state index contributed by atoms with van der Waals surface area (Å²) in [6, 6.07) is 9.11. The molecule has 0 aliphatic carbocycles. The fraction of sp³-hybridized carbons (Fsp3) is 0.542. The van der Waals surface area contributed by atoms with Crippen LogP contribution in [0.4, 0.5) is 0 Å². The Balaban J connectivity index is 3.01. The highest BCUT2D eigenvalue weighted by Gasteiger charge is 2.38. The third-order valence-corrected chi connectivity index (χ3v) is 6.55. The van der Waals surface area contributed by atoms with Crippen LogP contribution in [0.25, 0.3) is 0 Å². The quantitative estimate of drug-likeness (QED) is 0.324. The number of carbonyl (C=O) groups excluding carboxylic acids is 3. The molecule has 0 saturated carbocycles. The number of nitrogens with one attached hydrogen (secondary N) is 2. The van der Waals surface area contributed by atoms with Crippen LogP contribution >= 0.6 is 11.8 Å². The fourth-order valence-electron chi connectivity index (χ4n) is 3.25. The molecule has 3 amide bonds. The summed E-state index contributed by atoms with van der Waals surface area (Å²) in [4.78, 5) is 38.3. The van der Waals surface area contributed by atoms with Crippen LogP contribution in [0.15, 0.2) is 42.6 Å². The second-order valence-corrected chi connectivity index (χ2v) is 10.5. The summed E-state index contributed by atoms with van der Waals surface area (Å²) in [6.45, 7) is 12.8. The molecule has 0 aromatic heterocycles. The van der Waals surface area contributed by atoms with Crippen LogP contribution in [0.3, 0.4) is 0 Å². The third kappa shape index (κ3) is 8.67. The highest BCUT2D eigenvalue weighted by molar-refractivity contribution is 7.99. The van der Waals surface area contributed by atoms with Gasteiger partial charge < -0.3 is 10.6 Å². The maximum absolute atomic E-state index is 13.2. The average Bonchev–Trinajstić information content (AvgIpc) is 2.74. The number of hydroxylamine groups is 2. The summed E-state index contributed by atoms with van der Waals surface area (Å²) in [5.41, 5.74) is 1.30. The number of carbonyl (C=O) groups is 3. The standard InChI is InChI=1S/C24H37N3O4S/c1-16(2)13-19(14-20(28)27(31)17(3)4)22(29)26-21(23(30)25-7)24(5,6)32-15-18-11-9-8-10-12-18/h8-12,16,19,21,31H,3,13-15H2,1-2,4-7H3,(H,25,30)(H,26,29)/t19-,21+/m1/s1. The number of likely N-dealkylation sites (N-methyl/N-ethyl adjacent to an activating group) is 1. The highest BCUT2D eigenvalue weighted by Crippen LogP contribution is 2.32. The normalized spacial score (nSPS) is 13.2. The molecule has 0 heterocycles. The number of rotatable bonds is 12. The van der Waals surface area contributed by atoms with E-state index in [2.05, 4.69) is 17.2 Å². The van der Waals surface area contributed by atoms with E-state index in [4.69, 9.17) is 0 Å². The Morgan fingerprint density at radius 1 is 1.16 bits per heavy atom. The zero-order chi connectivity index (χ0) is 24.5. The summed E-state index contributed by atoms with van der Waals surface area (Å²) in [6.07, 6.45) is 0.269. The van der Waals surface area contributed by atoms with Gasteiger partial charge >= 0.3 is 0 Å².